The molecule has 0 spiro atoms. The second-order valence-electron chi connectivity index (χ2n) is 3.74. The highest BCUT2D eigenvalue weighted by Gasteiger charge is 2.19. The van der Waals surface area contributed by atoms with Crippen LogP contribution in [-0.2, 0) is 0 Å². The lowest BCUT2D eigenvalue weighted by molar-refractivity contribution is 0.311. The van der Waals surface area contributed by atoms with Crippen molar-refractivity contribution in [2.75, 3.05) is 38.1 Å². The minimum atomic E-state index is -0.341. The standard InChI is InChI=1S/C10H13ClFN3/c1-14-2-4-15(5-3-14)10-8(11)6-13-7-9(10)12/h6-7H,2-5H2,1H3. The van der Waals surface area contributed by atoms with Gasteiger partial charge in [0.2, 0.25) is 0 Å². The third-order valence-corrected chi connectivity index (χ3v) is 2.92. The molecule has 1 fully saturated rings. The first-order valence-corrected chi connectivity index (χ1v) is 5.29. The number of piperazine rings is 1. The number of aromatic nitrogens is 1. The molecule has 0 N–H and O–H groups in total. The largest absolute Gasteiger partial charge is 0.365 e. The minimum absolute atomic E-state index is 0.341. The third-order valence-electron chi connectivity index (χ3n) is 2.65. The van der Waals surface area contributed by atoms with E-state index in [4.69, 9.17) is 11.6 Å². The Morgan fingerprint density at radius 2 is 1.93 bits per heavy atom. The summed E-state index contributed by atoms with van der Waals surface area (Å²) < 4.78 is 13.5. The maximum atomic E-state index is 13.5. The molecule has 2 rings (SSSR count). The van der Waals surface area contributed by atoms with Crippen molar-refractivity contribution in [2.24, 2.45) is 0 Å². The van der Waals surface area contributed by atoms with Gasteiger partial charge < -0.3 is 9.80 Å². The maximum absolute atomic E-state index is 13.5. The summed E-state index contributed by atoms with van der Waals surface area (Å²) >= 11 is 5.94. The van der Waals surface area contributed by atoms with Gasteiger partial charge in [-0.05, 0) is 7.05 Å². The molecule has 0 atom stereocenters. The highest BCUT2D eigenvalue weighted by Crippen LogP contribution is 2.28. The van der Waals surface area contributed by atoms with Crippen LogP contribution in [0.1, 0.15) is 0 Å². The Balaban J connectivity index is 2.22. The van der Waals surface area contributed by atoms with Gasteiger partial charge in [-0.1, -0.05) is 11.6 Å². The average Bonchev–Trinajstić information content (AvgIpc) is 2.20. The molecule has 0 unspecified atom stereocenters. The summed E-state index contributed by atoms with van der Waals surface area (Å²) in [5.74, 6) is -0.341. The number of nitrogens with zero attached hydrogens (tertiary/aromatic N) is 3. The molecular formula is C10H13ClFN3. The maximum Gasteiger partial charge on any atom is 0.166 e. The number of pyridine rings is 1. The fraction of sp³-hybridized carbons (Fsp3) is 0.500. The summed E-state index contributed by atoms with van der Waals surface area (Å²) in [6.07, 6.45) is 2.69. The Hall–Kier alpha value is -0.870. The summed E-state index contributed by atoms with van der Waals surface area (Å²) in [6.45, 7) is 3.46. The molecule has 5 heteroatoms. The number of hydrogen-bond acceptors (Lipinski definition) is 3. The van der Waals surface area contributed by atoms with Crippen LogP contribution in [0.3, 0.4) is 0 Å². The lowest BCUT2D eigenvalue weighted by Gasteiger charge is -2.34. The van der Waals surface area contributed by atoms with Crippen LogP contribution in [0.15, 0.2) is 12.4 Å². The van der Waals surface area contributed by atoms with Gasteiger partial charge in [-0.2, -0.15) is 0 Å². The number of likely N-dealkylation sites (N-methyl/N-ethyl adjacent to an activating group) is 1. The summed E-state index contributed by atoms with van der Waals surface area (Å²) in [5.41, 5.74) is 0.486. The Morgan fingerprint density at radius 3 is 2.53 bits per heavy atom. The zero-order valence-corrected chi connectivity index (χ0v) is 9.34. The predicted molar refractivity (Wildman–Crippen MR) is 58.9 cm³/mol. The van der Waals surface area contributed by atoms with Gasteiger partial charge in [0.05, 0.1) is 16.9 Å². The van der Waals surface area contributed by atoms with Crippen LogP contribution in [0, 0.1) is 5.82 Å². The molecular weight excluding hydrogens is 217 g/mol. The van der Waals surface area contributed by atoms with Crippen LogP contribution in [0.2, 0.25) is 5.02 Å². The van der Waals surface area contributed by atoms with E-state index >= 15 is 0 Å². The van der Waals surface area contributed by atoms with Crippen molar-refractivity contribution < 1.29 is 4.39 Å². The Kier molecular flexibility index (Phi) is 3.07. The Bertz CT molecular complexity index is 330. The van der Waals surface area contributed by atoms with Gasteiger partial charge in [0.15, 0.2) is 5.82 Å². The van der Waals surface area contributed by atoms with Crippen molar-refractivity contribution in [1.29, 1.82) is 0 Å². The van der Waals surface area contributed by atoms with Gasteiger partial charge in [0.1, 0.15) is 0 Å². The van der Waals surface area contributed by atoms with Crippen LogP contribution in [0.5, 0.6) is 0 Å². The molecule has 1 aromatic rings. The fourth-order valence-electron chi connectivity index (χ4n) is 1.74. The molecule has 2 heterocycles. The van der Waals surface area contributed by atoms with Crippen LogP contribution >= 0.6 is 11.6 Å². The first-order chi connectivity index (χ1) is 7.18. The molecule has 0 aromatic carbocycles. The normalized spacial score (nSPS) is 18.2. The number of rotatable bonds is 1. The van der Waals surface area contributed by atoms with Crippen molar-refractivity contribution in [3.05, 3.63) is 23.2 Å². The van der Waals surface area contributed by atoms with E-state index in [2.05, 4.69) is 16.9 Å². The molecule has 1 saturated heterocycles. The highest BCUT2D eigenvalue weighted by molar-refractivity contribution is 6.33. The van der Waals surface area contributed by atoms with Gasteiger partial charge in [0.25, 0.3) is 0 Å². The van der Waals surface area contributed by atoms with Gasteiger partial charge in [-0.15, -0.1) is 0 Å². The van der Waals surface area contributed by atoms with E-state index in [0.29, 0.717) is 10.7 Å². The van der Waals surface area contributed by atoms with E-state index in [1.165, 1.54) is 12.4 Å². The van der Waals surface area contributed by atoms with E-state index < -0.39 is 0 Å². The van der Waals surface area contributed by atoms with Gasteiger partial charge in [-0.25, -0.2) is 4.39 Å². The number of anilines is 1. The third kappa shape index (κ3) is 2.21. The van der Waals surface area contributed by atoms with Crippen molar-refractivity contribution in [3.8, 4) is 0 Å². The number of hydrogen-bond donors (Lipinski definition) is 0. The average molecular weight is 230 g/mol. The van der Waals surface area contributed by atoms with Crippen LogP contribution < -0.4 is 4.90 Å². The molecule has 1 aliphatic heterocycles. The summed E-state index contributed by atoms with van der Waals surface area (Å²) in [5, 5.41) is 0.388. The number of halogens is 2. The zero-order chi connectivity index (χ0) is 10.8. The van der Waals surface area contributed by atoms with Crippen molar-refractivity contribution in [2.45, 2.75) is 0 Å². The molecule has 15 heavy (non-hydrogen) atoms. The zero-order valence-electron chi connectivity index (χ0n) is 8.58. The van der Waals surface area contributed by atoms with E-state index in [1.54, 1.807) is 0 Å². The quantitative estimate of drug-likeness (QED) is 0.730. The molecule has 0 radical (unpaired) electrons. The predicted octanol–water partition coefficient (Wildman–Crippen LogP) is 1.63. The second-order valence-corrected chi connectivity index (χ2v) is 4.15. The molecule has 0 aliphatic carbocycles. The Morgan fingerprint density at radius 1 is 1.27 bits per heavy atom. The summed E-state index contributed by atoms with van der Waals surface area (Å²) in [7, 11) is 2.06. The molecule has 1 aliphatic rings. The molecule has 1 aromatic heterocycles. The van der Waals surface area contributed by atoms with E-state index in [0.717, 1.165) is 26.2 Å². The molecule has 0 saturated carbocycles. The fourth-order valence-corrected chi connectivity index (χ4v) is 2.00. The summed E-state index contributed by atoms with van der Waals surface area (Å²) in [4.78, 5) is 7.89. The van der Waals surface area contributed by atoms with Crippen molar-refractivity contribution in [3.63, 3.8) is 0 Å². The second kappa shape index (κ2) is 4.33. The highest BCUT2D eigenvalue weighted by atomic mass is 35.5. The van der Waals surface area contributed by atoms with Crippen molar-refractivity contribution in [1.82, 2.24) is 9.88 Å². The van der Waals surface area contributed by atoms with Crippen LogP contribution in [0.25, 0.3) is 0 Å². The smallest absolute Gasteiger partial charge is 0.166 e. The lowest BCUT2D eigenvalue weighted by atomic mass is 10.2. The topological polar surface area (TPSA) is 19.4 Å². The Labute approximate surface area is 93.5 Å². The lowest BCUT2D eigenvalue weighted by Crippen LogP contribution is -2.44. The van der Waals surface area contributed by atoms with Crippen LogP contribution in [-0.4, -0.2) is 43.1 Å². The minimum Gasteiger partial charge on any atom is -0.365 e. The first-order valence-electron chi connectivity index (χ1n) is 4.91. The summed E-state index contributed by atoms with van der Waals surface area (Å²) in [6, 6.07) is 0. The SMILES string of the molecule is CN1CCN(c2c(F)cncc2Cl)CC1. The molecule has 3 nitrogen and oxygen atoms in total. The van der Waals surface area contributed by atoms with Gasteiger partial charge in [0, 0.05) is 32.4 Å². The molecule has 0 bridgehead atoms. The molecule has 0 amide bonds. The van der Waals surface area contributed by atoms with E-state index in [9.17, 15) is 4.39 Å². The van der Waals surface area contributed by atoms with E-state index in [1.807, 2.05) is 4.90 Å². The van der Waals surface area contributed by atoms with Crippen molar-refractivity contribution >= 4 is 17.3 Å². The van der Waals surface area contributed by atoms with Gasteiger partial charge >= 0.3 is 0 Å². The first kappa shape index (κ1) is 10.6. The van der Waals surface area contributed by atoms with E-state index in [-0.39, 0.29) is 5.82 Å². The van der Waals surface area contributed by atoms with Gasteiger partial charge in [-0.3, -0.25) is 4.98 Å². The monoisotopic (exact) mass is 229 g/mol. The van der Waals surface area contributed by atoms with Crippen LogP contribution in [0.4, 0.5) is 10.1 Å². The molecule has 82 valence electrons.